The van der Waals surface area contributed by atoms with Crippen LogP contribution in [0.5, 0.6) is 0 Å². The predicted octanol–water partition coefficient (Wildman–Crippen LogP) is 2.03. The number of nitrogens with zero attached hydrogens (tertiary/aromatic N) is 3. The zero-order valence-corrected chi connectivity index (χ0v) is 12.4. The summed E-state index contributed by atoms with van der Waals surface area (Å²) in [7, 11) is 2.19. The van der Waals surface area contributed by atoms with E-state index < -0.39 is 0 Å². The molecule has 0 aliphatic carbocycles. The lowest BCUT2D eigenvalue weighted by Gasteiger charge is -2.42. The largest absolute Gasteiger partial charge is 0.362 e. The minimum atomic E-state index is 0.373. The van der Waals surface area contributed by atoms with Crippen LogP contribution in [0.3, 0.4) is 0 Å². The van der Waals surface area contributed by atoms with Gasteiger partial charge < -0.3 is 15.5 Å². The van der Waals surface area contributed by atoms with Gasteiger partial charge in [0.05, 0.1) is 11.7 Å². The van der Waals surface area contributed by atoms with E-state index in [4.69, 9.17) is 5.73 Å². The van der Waals surface area contributed by atoms with E-state index in [1.807, 2.05) is 6.20 Å². The second-order valence-corrected chi connectivity index (χ2v) is 5.59. The number of aromatic nitrogens is 1. The summed E-state index contributed by atoms with van der Waals surface area (Å²) in [5.74, 6) is 0. The molecule has 1 fully saturated rings. The van der Waals surface area contributed by atoms with Crippen molar-refractivity contribution in [3.05, 3.63) is 59.9 Å². The first-order valence-electron chi connectivity index (χ1n) is 7.43. The molecule has 1 aromatic heterocycles. The van der Waals surface area contributed by atoms with E-state index in [-0.39, 0.29) is 0 Å². The molecule has 2 aromatic rings. The molecule has 0 radical (unpaired) electrons. The molecule has 2 N–H and O–H groups in total. The van der Waals surface area contributed by atoms with Gasteiger partial charge in [0.1, 0.15) is 0 Å². The molecule has 1 unspecified atom stereocenters. The molecule has 4 heteroatoms. The quantitative estimate of drug-likeness (QED) is 0.935. The molecular formula is C17H22N4. The third-order valence-electron chi connectivity index (χ3n) is 4.11. The van der Waals surface area contributed by atoms with Crippen molar-refractivity contribution in [3.8, 4) is 0 Å². The van der Waals surface area contributed by atoms with Gasteiger partial charge in [-0.3, -0.25) is 4.98 Å². The summed E-state index contributed by atoms with van der Waals surface area (Å²) in [6.07, 6.45) is 1.86. The van der Waals surface area contributed by atoms with Gasteiger partial charge in [0.2, 0.25) is 0 Å². The normalized spacial score (nSPS) is 19.7. The summed E-state index contributed by atoms with van der Waals surface area (Å²) < 4.78 is 0. The number of piperazine rings is 1. The van der Waals surface area contributed by atoms with E-state index in [0.29, 0.717) is 12.6 Å². The van der Waals surface area contributed by atoms with Crippen LogP contribution < -0.4 is 10.6 Å². The number of hydrogen-bond donors (Lipinski definition) is 1. The van der Waals surface area contributed by atoms with Gasteiger partial charge in [-0.2, -0.15) is 0 Å². The van der Waals surface area contributed by atoms with Crippen LogP contribution in [0, 0.1) is 0 Å². The number of rotatable bonds is 3. The fourth-order valence-electron chi connectivity index (χ4n) is 2.94. The fraction of sp³-hybridized carbons (Fsp3) is 0.353. The Bertz CT molecular complexity index is 584. The van der Waals surface area contributed by atoms with Crippen molar-refractivity contribution in [1.82, 2.24) is 9.88 Å². The summed E-state index contributed by atoms with van der Waals surface area (Å²) in [5, 5.41) is 0. The first-order valence-corrected chi connectivity index (χ1v) is 7.43. The van der Waals surface area contributed by atoms with E-state index in [2.05, 4.69) is 64.3 Å². The number of nitrogens with two attached hydrogens (primary N) is 1. The number of anilines is 1. The van der Waals surface area contributed by atoms with Crippen molar-refractivity contribution < 1.29 is 0 Å². The van der Waals surface area contributed by atoms with Gasteiger partial charge >= 0.3 is 0 Å². The monoisotopic (exact) mass is 282 g/mol. The summed E-state index contributed by atoms with van der Waals surface area (Å²) in [5.41, 5.74) is 9.24. The standard InChI is InChI=1S/C17H22N4/c1-20-9-10-21(16-7-8-19-15(11-16)12-18)17(13-20)14-5-3-2-4-6-14/h2-8,11,17H,9-10,12-13,18H2,1H3. The smallest absolute Gasteiger partial charge is 0.0669 e. The Morgan fingerprint density at radius 3 is 2.76 bits per heavy atom. The molecule has 0 spiro atoms. The zero-order valence-electron chi connectivity index (χ0n) is 12.4. The SMILES string of the molecule is CN1CCN(c2ccnc(CN)c2)C(c2ccccc2)C1. The highest BCUT2D eigenvalue weighted by Gasteiger charge is 2.26. The third kappa shape index (κ3) is 3.06. The summed E-state index contributed by atoms with van der Waals surface area (Å²) >= 11 is 0. The fourth-order valence-corrected chi connectivity index (χ4v) is 2.94. The number of likely N-dealkylation sites (N-methyl/N-ethyl adjacent to an activating group) is 1. The molecule has 110 valence electrons. The van der Waals surface area contributed by atoms with Crippen molar-refractivity contribution in [1.29, 1.82) is 0 Å². The van der Waals surface area contributed by atoms with E-state index in [1.54, 1.807) is 0 Å². The first kappa shape index (κ1) is 14.0. The van der Waals surface area contributed by atoms with Gasteiger partial charge in [0.15, 0.2) is 0 Å². The number of benzene rings is 1. The molecule has 0 saturated carbocycles. The predicted molar refractivity (Wildman–Crippen MR) is 86.2 cm³/mol. The Balaban J connectivity index is 1.94. The molecular weight excluding hydrogens is 260 g/mol. The van der Waals surface area contributed by atoms with Crippen molar-refractivity contribution in [2.24, 2.45) is 5.73 Å². The summed E-state index contributed by atoms with van der Waals surface area (Å²) in [4.78, 5) is 9.16. The average Bonchev–Trinajstić information content (AvgIpc) is 2.55. The zero-order chi connectivity index (χ0) is 14.7. The van der Waals surface area contributed by atoms with Crippen molar-refractivity contribution in [2.45, 2.75) is 12.6 Å². The molecule has 0 amide bonds. The highest BCUT2D eigenvalue weighted by molar-refractivity contribution is 5.50. The molecule has 0 bridgehead atoms. The highest BCUT2D eigenvalue weighted by atomic mass is 15.3. The lowest BCUT2D eigenvalue weighted by atomic mass is 10.0. The Kier molecular flexibility index (Phi) is 4.18. The number of hydrogen-bond acceptors (Lipinski definition) is 4. The van der Waals surface area contributed by atoms with Gasteiger partial charge in [-0.15, -0.1) is 0 Å². The molecule has 1 atom stereocenters. The van der Waals surface area contributed by atoms with Gasteiger partial charge in [0.25, 0.3) is 0 Å². The van der Waals surface area contributed by atoms with Gasteiger partial charge in [0, 0.05) is 38.1 Å². The molecule has 4 nitrogen and oxygen atoms in total. The van der Waals surface area contributed by atoms with E-state index in [9.17, 15) is 0 Å². The summed E-state index contributed by atoms with van der Waals surface area (Å²) in [6, 6.07) is 15.3. The Labute approximate surface area is 126 Å². The Hall–Kier alpha value is -1.91. The first-order chi connectivity index (χ1) is 10.3. The van der Waals surface area contributed by atoms with Gasteiger partial charge in [-0.05, 0) is 24.7 Å². The molecule has 1 aliphatic rings. The summed E-state index contributed by atoms with van der Waals surface area (Å²) in [6.45, 7) is 3.61. The Morgan fingerprint density at radius 1 is 1.19 bits per heavy atom. The van der Waals surface area contributed by atoms with Crippen LogP contribution in [0.15, 0.2) is 48.7 Å². The maximum absolute atomic E-state index is 5.73. The van der Waals surface area contributed by atoms with Crippen LogP contribution in [0.2, 0.25) is 0 Å². The average molecular weight is 282 g/mol. The van der Waals surface area contributed by atoms with Crippen molar-refractivity contribution in [2.75, 3.05) is 31.6 Å². The van der Waals surface area contributed by atoms with E-state index in [1.165, 1.54) is 11.3 Å². The third-order valence-corrected chi connectivity index (χ3v) is 4.11. The van der Waals surface area contributed by atoms with E-state index in [0.717, 1.165) is 25.3 Å². The molecule has 1 saturated heterocycles. The van der Waals surface area contributed by atoms with Crippen LogP contribution >= 0.6 is 0 Å². The van der Waals surface area contributed by atoms with Crippen molar-refractivity contribution in [3.63, 3.8) is 0 Å². The maximum atomic E-state index is 5.73. The molecule has 1 aliphatic heterocycles. The van der Waals surface area contributed by atoms with Crippen LogP contribution in [0.1, 0.15) is 17.3 Å². The molecule has 3 rings (SSSR count). The Morgan fingerprint density at radius 2 is 2.00 bits per heavy atom. The second-order valence-electron chi connectivity index (χ2n) is 5.59. The minimum absolute atomic E-state index is 0.373. The minimum Gasteiger partial charge on any atom is -0.362 e. The molecule has 2 heterocycles. The van der Waals surface area contributed by atoms with Crippen LogP contribution in [0.4, 0.5) is 5.69 Å². The topological polar surface area (TPSA) is 45.4 Å². The molecule has 1 aromatic carbocycles. The lowest BCUT2D eigenvalue weighted by molar-refractivity contribution is 0.269. The lowest BCUT2D eigenvalue weighted by Crippen LogP contribution is -2.47. The van der Waals surface area contributed by atoms with Crippen LogP contribution in [0.25, 0.3) is 0 Å². The maximum Gasteiger partial charge on any atom is 0.0669 e. The van der Waals surface area contributed by atoms with Crippen molar-refractivity contribution >= 4 is 5.69 Å². The second kappa shape index (κ2) is 6.24. The van der Waals surface area contributed by atoms with Crippen LogP contribution in [-0.4, -0.2) is 36.6 Å². The number of pyridine rings is 1. The molecule has 21 heavy (non-hydrogen) atoms. The van der Waals surface area contributed by atoms with E-state index >= 15 is 0 Å². The van der Waals surface area contributed by atoms with Gasteiger partial charge in [-0.1, -0.05) is 30.3 Å². The van der Waals surface area contributed by atoms with Crippen LogP contribution in [-0.2, 0) is 6.54 Å². The highest BCUT2D eigenvalue weighted by Crippen LogP contribution is 2.30. The van der Waals surface area contributed by atoms with Gasteiger partial charge in [-0.25, -0.2) is 0 Å².